The molecule has 116 valence electrons. The van der Waals surface area contributed by atoms with Crippen LogP contribution in [0.2, 0.25) is 0 Å². The van der Waals surface area contributed by atoms with E-state index in [9.17, 15) is 26.4 Å². The summed E-state index contributed by atoms with van der Waals surface area (Å²) < 4.78 is 61.8. The van der Waals surface area contributed by atoms with Crippen molar-refractivity contribution in [2.75, 3.05) is 0 Å². The Balaban J connectivity index is 2.95. The maximum absolute atomic E-state index is 11.9. The average Bonchev–Trinajstić information content (AvgIpc) is 2.42. The molecule has 10 heteroatoms. The van der Waals surface area contributed by atoms with Crippen LogP contribution in [0.5, 0.6) is 0 Å². The highest BCUT2D eigenvalue weighted by Crippen LogP contribution is 2.25. The molecule has 2 aromatic carbocycles. The van der Waals surface area contributed by atoms with E-state index in [0.717, 1.165) is 6.07 Å². The molecule has 2 aromatic rings. The van der Waals surface area contributed by atoms with Crippen LogP contribution in [0.4, 0.5) is 0 Å². The molecule has 22 heavy (non-hydrogen) atoms. The van der Waals surface area contributed by atoms with Gasteiger partial charge in [0.2, 0.25) is 0 Å². The van der Waals surface area contributed by atoms with Gasteiger partial charge in [-0.05, 0) is 16.8 Å². The van der Waals surface area contributed by atoms with E-state index in [2.05, 4.69) is 0 Å². The Morgan fingerprint density at radius 2 is 1.32 bits per heavy atom. The molecule has 0 aliphatic rings. The van der Waals surface area contributed by atoms with Gasteiger partial charge in [-0.25, -0.2) is 0 Å². The van der Waals surface area contributed by atoms with Crippen molar-refractivity contribution in [2.24, 2.45) is 0 Å². The van der Waals surface area contributed by atoms with Crippen LogP contribution < -0.4 is 0 Å². The van der Waals surface area contributed by atoms with Gasteiger partial charge in [0, 0.05) is 5.56 Å². The second kappa shape index (κ2) is 5.25. The van der Waals surface area contributed by atoms with Gasteiger partial charge in [-0.15, -0.1) is 0 Å². The van der Waals surface area contributed by atoms with Crippen molar-refractivity contribution >= 4 is 41.2 Å². The minimum Gasteiger partial charge on any atom is -0.279 e. The van der Waals surface area contributed by atoms with Crippen LogP contribution in [-0.2, 0) is 20.2 Å². The normalized spacial score (nSPS) is 12.3. The Kier molecular flexibility index (Phi) is 3.87. The molecular formula is C12H8O8S2. The third kappa shape index (κ3) is 2.90. The molecule has 0 spiro atoms. The van der Waals surface area contributed by atoms with Crippen LogP contribution in [0.3, 0.4) is 0 Å². The molecule has 2 rings (SSSR count). The Bertz CT molecular complexity index is 1000. The van der Waals surface area contributed by atoms with E-state index < -0.39 is 41.6 Å². The van der Waals surface area contributed by atoms with Crippen LogP contribution in [0.1, 0.15) is 20.7 Å². The van der Waals surface area contributed by atoms with Crippen molar-refractivity contribution in [1.82, 2.24) is 0 Å². The highest BCUT2D eigenvalue weighted by molar-refractivity contribution is 8.02. The smallest absolute Gasteiger partial charge is 0.279 e. The first kappa shape index (κ1) is 16.2. The van der Waals surface area contributed by atoms with E-state index in [0.29, 0.717) is 5.39 Å². The van der Waals surface area contributed by atoms with E-state index in [1.807, 2.05) is 0 Å². The molecule has 0 aliphatic carbocycles. The summed E-state index contributed by atoms with van der Waals surface area (Å²) in [6.07, 6.45) is 0. The molecular weight excluding hydrogens is 336 g/mol. The predicted molar refractivity (Wildman–Crippen MR) is 75.7 cm³/mol. The highest BCUT2D eigenvalue weighted by Gasteiger charge is 2.32. The van der Waals surface area contributed by atoms with E-state index in [1.165, 1.54) is 24.3 Å². The molecule has 0 radical (unpaired) electrons. The van der Waals surface area contributed by atoms with E-state index >= 15 is 0 Å². The fraction of sp³-hybridized carbons (Fsp3) is 0. The lowest BCUT2D eigenvalue weighted by atomic mass is 10.0. The van der Waals surface area contributed by atoms with Crippen LogP contribution in [0.15, 0.2) is 36.4 Å². The van der Waals surface area contributed by atoms with Crippen LogP contribution in [0, 0.1) is 0 Å². The summed E-state index contributed by atoms with van der Waals surface area (Å²) in [4.78, 5) is 23.6. The van der Waals surface area contributed by atoms with Gasteiger partial charge in [0.05, 0.1) is 5.56 Å². The molecule has 0 heterocycles. The molecule has 0 saturated heterocycles. The summed E-state index contributed by atoms with van der Waals surface area (Å²) >= 11 is 0. The van der Waals surface area contributed by atoms with Crippen molar-refractivity contribution in [2.45, 2.75) is 0 Å². The molecule has 0 atom stereocenters. The number of benzene rings is 2. The summed E-state index contributed by atoms with van der Waals surface area (Å²) in [5.74, 6) is 0. The standard InChI is InChI=1S/C12H8O8S2/c13-11(21(15,16)17)9-6-5-7-3-1-2-4-8(7)10(9)12(14)22(18,19)20/h1-6H,(H,15,16,17)(H,18,19,20). The van der Waals surface area contributed by atoms with Gasteiger partial charge in [0.1, 0.15) is 0 Å². The third-order valence-electron chi connectivity index (χ3n) is 2.82. The first-order chi connectivity index (χ1) is 10.0. The van der Waals surface area contributed by atoms with Gasteiger partial charge in [-0.2, -0.15) is 16.8 Å². The fourth-order valence-corrected chi connectivity index (χ4v) is 2.86. The number of rotatable bonds is 2. The number of hydrogen-bond donors (Lipinski definition) is 2. The van der Waals surface area contributed by atoms with Gasteiger partial charge in [0.15, 0.2) is 0 Å². The van der Waals surface area contributed by atoms with Gasteiger partial charge < -0.3 is 0 Å². The summed E-state index contributed by atoms with van der Waals surface area (Å²) in [5.41, 5.74) is -1.66. The zero-order valence-corrected chi connectivity index (χ0v) is 12.3. The van der Waals surface area contributed by atoms with Crippen molar-refractivity contribution in [3.8, 4) is 0 Å². The zero-order chi connectivity index (χ0) is 16.7. The van der Waals surface area contributed by atoms with Crippen LogP contribution >= 0.6 is 0 Å². The summed E-state index contributed by atoms with van der Waals surface area (Å²) in [5, 5.41) is -3.40. The van der Waals surface area contributed by atoms with Crippen molar-refractivity contribution in [1.29, 1.82) is 0 Å². The van der Waals surface area contributed by atoms with Gasteiger partial charge in [0.25, 0.3) is 0 Å². The van der Waals surface area contributed by atoms with Crippen molar-refractivity contribution in [3.05, 3.63) is 47.5 Å². The molecule has 0 amide bonds. The second-order valence-electron chi connectivity index (χ2n) is 4.23. The van der Waals surface area contributed by atoms with Crippen LogP contribution in [-0.4, -0.2) is 36.2 Å². The molecule has 0 fully saturated rings. The molecule has 0 bridgehead atoms. The van der Waals surface area contributed by atoms with Crippen molar-refractivity contribution < 1.29 is 35.5 Å². The quantitative estimate of drug-likeness (QED) is 0.765. The third-order valence-corrected chi connectivity index (χ3v) is 4.18. The lowest BCUT2D eigenvalue weighted by molar-refractivity contribution is 0.103. The predicted octanol–water partition coefficient (Wildman–Crippen LogP) is 0.896. The van der Waals surface area contributed by atoms with Crippen molar-refractivity contribution in [3.63, 3.8) is 0 Å². The maximum atomic E-state index is 11.9. The number of carbonyl (C=O) groups excluding carboxylic acids is 2. The SMILES string of the molecule is O=C(c1ccc2ccccc2c1C(=O)S(=O)(=O)O)S(=O)(=O)O. The Labute approximate surface area is 124 Å². The van der Waals surface area contributed by atoms with Gasteiger partial charge >= 0.3 is 30.5 Å². The number of hydrogen-bond acceptors (Lipinski definition) is 6. The monoisotopic (exact) mass is 344 g/mol. The topological polar surface area (TPSA) is 143 Å². The summed E-state index contributed by atoms with van der Waals surface area (Å²) in [6.45, 7) is 0. The molecule has 8 nitrogen and oxygen atoms in total. The zero-order valence-electron chi connectivity index (χ0n) is 10.6. The molecule has 0 unspecified atom stereocenters. The summed E-state index contributed by atoms with van der Waals surface area (Å²) in [6, 6.07) is 7.90. The lowest BCUT2D eigenvalue weighted by Crippen LogP contribution is -2.21. The Morgan fingerprint density at radius 1 is 0.773 bits per heavy atom. The molecule has 0 saturated carbocycles. The fourth-order valence-electron chi connectivity index (χ4n) is 1.93. The largest absolute Gasteiger partial charge is 0.333 e. The van der Waals surface area contributed by atoms with Crippen LogP contribution in [0.25, 0.3) is 10.8 Å². The highest BCUT2D eigenvalue weighted by atomic mass is 32.2. The molecule has 0 aromatic heterocycles. The molecule has 2 N–H and O–H groups in total. The Hall–Kier alpha value is -2.14. The maximum Gasteiger partial charge on any atom is 0.333 e. The average molecular weight is 344 g/mol. The van der Waals surface area contributed by atoms with E-state index in [1.54, 1.807) is 6.07 Å². The first-order valence-corrected chi connectivity index (χ1v) is 8.47. The number of fused-ring (bicyclic) bond motifs is 1. The molecule has 0 aliphatic heterocycles. The lowest BCUT2D eigenvalue weighted by Gasteiger charge is -2.09. The first-order valence-electron chi connectivity index (χ1n) is 5.59. The van der Waals surface area contributed by atoms with E-state index in [4.69, 9.17) is 9.11 Å². The summed E-state index contributed by atoms with van der Waals surface area (Å²) in [7, 11) is -10.4. The van der Waals surface area contributed by atoms with E-state index in [-0.39, 0.29) is 5.39 Å². The van der Waals surface area contributed by atoms with Gasteiger partial charge in [-0.1, -0.05) is 30.3 Å². The second-order valence-corrected chi connectivity index (χ2v) is 6.88. The number of carbonyl (C=O) groups is 2. The Morgan fingerprint density at radius 3 is 1.86 bits per heavy atom. The minimum absolute atomic E-state index is 0.0559. The van der Waals surface area contributed by atoms with Gasteiger partial charge in [-0.3, -0.25) is 18.7 Å². The minimum atomic E-state index is -5.22.